The van der Waals surface area contributed by atoms with Gasteiger partial charge < -0.3 is 18.3 Å². The predicted molar refractivity (Wildman–Crippen MR) is 121 cm³/mol. The zero-order valence-electron chi connectivity index (χ0n) is 18.0. The van der Waals surface area contributed by atoms with Crippen molar-refractivity contribution in [1.29, 1.82) is 0 Å². The Morgan fingerprint density at radius 1 is 0.710 bits per heavy atom. The van der Waals surface area contributed by atoms with Crippen molar-refractivity contribution in [2.24, 2.45) is 0 Å². The predicted octanol–water partition coefficient (Wildman–Crippen LogP) is 3.21. The van der Waals surface area contributed by atoms with Crippen LogP contribution < -0.4 is 10.4 Å². The maximum absolute atomic E-state index is 12.0. The molecule has 0 heterocycles. The maximum Gasteiger partial charge on any atom is 0.407 e. The highest BCUT2D eigenvalue weighted by Crippen LogP contribution is 2.12. The molecule has 2 rings (SSSR count). The molecule has 0 saturated heterocycles. The van der Waals surface area contributed by atoms with Crippen LogP contribution in [-0.4, -0.2) is 33.7 Å². The molecule has 6 nitrogen and oxygen atoms in total. The highest BCUT2D eigenvalue weighted by atomic mass is 28.4. The van der Waals surface area contributed by atoms with Gasteiger partial charge in [-0.1, -0.05) is 73.8 Å². The summed E-state index contributed by atoms with van der Waals surface area (Å²) < 4.78 is 22.7. The van der Waals surface area contributed by atoms with Crippen molar-refractivity contribution in [3.05, 3.63) is 85.3 Å². The second-order valence-corrected chi connectivity index (χ2v) is 9.86. The number of carbonyl (C=O) groups excluding carboxylic acids is 2. The minimum Gasteiger partial charge on any atom is -0.432 e. The van der Waals surface area contributed by atoms with Gasteiger partial charge >= 0.3 is 20.5 Å². The van der Waals surface area contributed by atoms with Gasteiger partial charge in [0.05, 0.1) is 24.4 Å². The van der Waals surface area contributed by atoms with Crippen LogP contribution in [-0.2, 0) is 27.9 Å². The fourth-order valence-electron chi connectivity index (χ4n) is 2.90. The molecule has 0 aliphatic rings. The number of esters is 2. The van der Waals surface area contributed by atoms with E-state index in [1.165, 1.54) is 0 Å². The highest BCUT2D eigenvalue weighted by Gasteiger charge is 2.43. The lowest BCUT2D eigenvalue weighted by Gasteiger charge is -2.31. The molecule has 7 heteroatoms. The Morgan fingerprint density at radius 3 is 1.39 bits per heavy atom. The SMILES string of the molecule is C=C(C)OC(=O)CCO[Si](OCCC(=O)OC(=C)C)(c1ccccc1)c1ccccc1. The number of hydrogen-bond donors (Lipinski definition) is 0. The third-order valence-electron chi connectivity index (χ3n) is 4.11. The first-order valence-electron chi connectivity index (χ1n) is 9.95. The van der Waals surface area contributed by atoms with E-state index in [-0.39, 0.29) is 26.1 Å². The Bertz CT molecular complexity index is 819. The van der Waals surface area contributed by atoms with E-state index in [4.69, 9.17) is 18.3 Å². The average Bonchev–Trinajstić information content (AvgIpc) is 2.73. The molecule has 2 aromatic carbocycles. The molecular formula is C24H28O6Si. The minimum absolute atomic E-state index is 0.0440. The van der Waals surface area contributed by atoms with Crippen LogP contribution in [0.4, 0.5) is 0 Å². The van der Waals surface area contributed by atoms with Crippen molar-refractivity contribution in [1.82, 2.24) is 0 Å². The summed E-state index contributed by atoms with van der Waals surface area (Å²) in [6, 6.07) is 19.1. The van der Waals surface area contributed by atoms with E-state index in [0.29, 0.717) is 11.5 Å². The molecule has 164 valence electrons. The zero-order chi connectivity index (χ0) is 22.7. The molecular weight excluding hydrogens is 412 g/mol. The van der Waals surface area contributed by atoms with E-state index in [1.54, 1.807) is 13.8 Å². The molecule has 0 aliphatic carbocycles. The molecule has 0 aromatic heterocycles. The van der Waals surface area contributed by atoms with Crippen LogP contribution >= 0.6 is 0 Å². The summed E-state index contributed by atoms with van der Waals surface area (Å²) in [5.74, 6) is -0.207. The highest BCUT2D eigenvalue weighted by molar-refractivity contribution is 6.92. The largest absolute Gasteiger partial charge is 0.432 e. The van der Waals surface area contributed by atoms with Crippen LogP contribution in [0.5, 0.6) is 0 Å². The normalized spacial score (nSPS) is 10.9. The third kappa shape index (κ3) is 7.64. The summed E-state index contributed by atoms with van der Waals surface area (Å²) in [5.41, 5.74) is 0. The Balaban J connectivity index is 2.28. The van der Waals surface area contributed by atoms with Crippen molar-refractivity contribution in [3.63, 3.8) is 0 Å². The van der Waals surface area contributed by atoms with Crippen LogP contribution in [0.1, 0.15) is 26.7 Å². The second-order valence-electron chi connectivity index (χ2n) is 6.90. The van der Waals surface area contributed by atoms with E-state index >= 15 is 0 Å². The molecule has 0 amide bonds. The summed E-state index contributed by atoms with van der Waals surface area (Å²) in [5, 5.41) is 1.73. The van der Waals surface area contributed by atoms with Gasteiger partial charge in [-0.15, -0.1) is 0 Å². The van der Waals surface area contributed by atoms with Crippen molar-refractivity contribution in [2.45, 2.75) is 26.7 Å². The molecule has 31 heavy (non-hydrogen) atoms. The molecule has 0 fully saturated rings. The van der Waals surface area contributed by atoms with Crippen LogP contribution in [0.3, 0.4) is 0 Å². The topological polar surface area (TPSA) is 71.1 Å². The lowest BCUT2D eigenvalue weighted by atomic mass is 10.4. The number of ether oxygens (including phenoxy) is 2. The molecule has 0 atom stereocenters. The first-order valence-corrected chi connectivity index (χ1v) is 11.8. The summed E-state index contributed by atoms with van der Waals surface area (Å²) in [6.45, 7) is 10.6. The van der Waals surface area contributed by atoms with Crippen LogP contribution in [0.15, 0.2) is 85.3 Å². The lowest BCUT2D eigenvalue weighted by Crippen LogP contribution is -2.63. The van der Waals surface area contributed by atoms with Crippen LogP contribution in [0.25, 0.3) is 0 Å². The second kappa shape index (κ2) is 12.0. The zero-order valence-corrected chi connectivity index (χ0v) is 19.0. The van der Waals surface area contributed by atoms with E-state index in [0.717, 1.165) is 10.4 Å². The van der Waals surface area contributed by atoms with E-state index in [9.17, 15) is 9.59 Å². The van der Waals surface area contributed by atoms with Gasteiger partial charge in [0, 0.05) is 13.2 Å². The lowest BCUT2D eigenvalue weighted by molar-refractivity contribution is -0.140. The molecule has 0 N–H and O–H groups in total. The number of carbonyl (C=O) groups is 2. The summed E-state index contributed by atoms with van der Waals surface area (Å²) in [7, 11) is -3.22. The van der Waals surface area contributed by atoms with Crippen molar-refractivity contribution in [2.75, 3.05) is 13.2 Å². The first kappa shape index (κ1) is 24.3. The van der Waals surface area contributed by atoms with E-state index in [2.05, 4.69) is 13.2 Å². The average molecular weight is 441 g/mol. The Hall–Kier alpha value is -3.00. The van der Waals surface area contributed by atoms with E-state index < -0.39 is 20.5 Å². The first-order chi connectivity index (χ1) is 14.8. The summed E-state index contributed by atoms with van der Waals surface area (Å²) in [4.78, 5) is 23.9. The van der Waals surface area contributed by atoms with Gasteiger partial charge in [0.2, 0.25) is 0 Å². The number of allylic oxidation sites excluding steroid dienone is 2. The fraction of sp³-hybridized carbons (Fsp3) is 0.250. The number of rotatable bonds is 12. The Morgan fingerprint density at radius 2 is 1.06 bits per heavy atom. The van der Waals surface area contributed by atoms with Crippen molar-refractivity contribution in [3.8, 4) is 0 Å². The van der Waals surface area contributed by atoms with Gasteiger partial charge in [-0.25, -0.2) is 0 Å². The monoisotopic (exact) mass is 440 g/mol. The smallest absolute Gasteiger partial charge is 0.407 e. The molecule has 0 aliphatic heterocycles. The molecule has 0 saturated carbocycles. The van der Waals surface area contributed by atoms with Gasteiger partial charge in [0.1, 0.15) is 0 Å². The van der Waals surface area contributed by atoms with Gasteiger partial charge in [-0.2, -0.15) is 0 Å². The molecule has 2 aromatic rings. The van der Waals surface area contributed by atoms with E-state index in [1.807, 2.05) is 60.7 Å². The van der Waals surface area contributed by atoms with Gasteiger partial charge in [-0.3, -0.25) is 9.59 Å². The quantitative estimate of drug-likeness (QED) is 0.287. The summed E-state index contributed by atoms with van der Waals surface area (Å²) in [6.07, 6.45) is 0.0880. The molecule has 0 unspecified atom stereocenters. The number of benzene rings is 2. The molecule has 0 bridgehead atoms. The van der Waals surface area contributed by atoms with Crippen molar-refractivity contribution < 1.29 is 27.9 Å². The van der Waals surface area contributed by atoms with Gasteiger partial charge in [0.15, 0.2) is 0 Å². The van der Waals surface area contributed by atoms with Crippen molar-refractivity contribution >= 4 is 30.9 Å². The number of hydrogen-bond acceptors (Lipinski definition) is 6. The Labute approximate surface area is 184 Å². The minimum atomic E-state index is -3.22. The van der Waals surface area contributed by atoms with Crippen LogP contribution in [0, 0.1) is 0 Å². The molecule has 0 spiro atoms. The van der Waals surface area contributed by atoms with Gasteiger partial charge in [0.25, 0.3) is 0 Å². The maximum atomic E-state index is 12.0. The molecule has 0 radical (unpaired) electrons. The standard InChI is InChI=1S/C24H28O6Si/c1-19(2)29-23(25)15-17-27-31(21-11-7-5-8-12-21,22-13-9-6-10-14-22)28-18-16-24(26)30-20(3)4/h5-14H,1,3,15-18H2,2,4H3. The van der Waals surface area contributed by atoms with Crippen LogP contribution in [0.2, 0.25) is 0 Å². The van der Waals surface area contributed by atoms with Gasteiger partial charge in [-0.05, 0) is 24.2 Å². The third-order valence-corrected chi connectivity index (χ3v) is 7.51. The summed E-state index contributed by atoms with van der Waals surface area (Å²) >= 11 is 0. The Kier molecular flexibility index (Phi) is 9.39. The fourth-order valence-corrected chi connectivity index (χ4v) is 6.03.